The van der Waals surface area contributed by atoms with Gasteiger partial charge in [-0.2, -0.15) is 0 Å². The Morgan fingerprint density at radius 2 is 2.17 bits per heavy atom. The van der Waals surface area contributed by atoms with E-state index in [4.69, 9.17) is 38.1 Å². The molecule has 0 fully saturated rings. The lowest BCUT2D eigenvalue weighted by atomic mass is 10.4. The smallest absolute Gasteiger partial charge is 0.215 e. The van der Waals surface area contributed by atoms with Crippen LogP contribution in [0.25, 0.3) is 0 Å². The Kier molecular flexibility index (Phi) is 8.95. The van der Waals surface area contributed by atoms with Crippen molar-refractivity contribution >= 4 is 35.1 Å². The third-order valence-electron chi connectivity index (χ3n) is 2.01. The number of rotatable bonds is 9. The Hall–Kier alpha value is -0.660. The van der Waals surface area contributed by atoms with E-state index in [0.717, 1.165) is 0 Å². The van der Waals surface area contributed by atoms with Gasteiger partial charge in [0.25, 0.3) is 0 Å². The van der Waals surface area contributed by atoms with Gasteiger partial charge in [-0.1, -0.05) is 23.2 Å². The summed E-state index contributed by atoms with van der Waals surface area (Å²) < 4.78 is 9.94. The highest BCUT2D eigenvalue weighted by Gasteiger charge is 2.11. The van der Waals surface area contributed by atoms with Crippen LogP contribution in [0.5, 0.6) is 0 Å². The van der Waals surface area contributed by atoms with E-state index in [0.29, 0.717) is 13.0 Å². The van der Waals surface area contributed by atoms with Gasteiger partial charge in [0.2, 0.25) is 6.41 Å². The van der Waals surface area contributed by atoms with Crippen molar-refractivity contribution in [3.8, 4) is 0 Å². The van der Waals surface area contributed by atoms with E-state index in [1.54, 1.807) is 11.9 Å². The van der Waals surface area contributed by atoms with E-state index in [9.17, 15) is 5.11 Å². The number of halogens is 2. The molecule has 0 aromatic carbocycles. The quantitative estimate of drug-likeness (QED) is 0.223. The number of allylic oxidation sites excluding steroid dienone is 1. The van der Waals surface area contributed by atoms with Crippen molar-refractivity contribution in [3.63, 3.8) is 0 Å². The van der Waals surface area contributed by atoms with E-state index >= 15 is 0 Å². The van der Waals surface area contributed by atoms with Crippen molar-refractivity contribution in [1.82, 2.24) is 4.90 Å². The fourth-order valence-corrected chi connectivity index (χ4v) is 1.41. The summed E-state index contributed by atoms with van der Waals surface area (Å²) >= 11 is 11.2. The maximum atomic E-state index is 9.30. The third kappa shape index (κ3) is 6.32. The second kappa shape index (κ2) is 9.29. The van der Waals surface area contributed by atoms with Gasteiger partial charge in [-0.3, -0.25) is 10.3 Å². The van der Waals surface area contributed by atoms with Crippen LogP contribution in [-0.2, 0) is 9.47 Å². The van der Waals surface area contributed by atoms with Crippen molar-refractivity contribution in [2.75, 3.05) is 27.3 Å². The first kappa shape index (κ1) is 17.3. The van der Waals surface area contributed by atoms with Crippen LogP contribution in [0.3, 0.4) is 0 Å². The predicted molar refractivity (Wildman–Crippen MR) is 72.2 cm³/mol. The lowest BCUT2D eigenvalue weighted by Crippen LogP contribution is -2.34. The molecule has 0 saturated carbocycles. The van der Waals surface area contributed by atoms with Crippen LogP contribution in [0, 0.1) is 5.41 Å². The van der Waals surface area contributed by atoms with Crippen LogP contribution in [0.1, 0.15) is 6.42 Å². The lowest BCUT2D eigenvalue weighted by Gasteiger charge is -2.21. The molecule has 0 spiro atoms. The van der Waals surface area contributed by atoms with Crippen molar-refractivity contribution in [3.05, 3.63) is 10.9 Å². The molecule has 0 bridgehead atoms. The van der Waals surface area contributed by atoms with Gasteiger partial charge in [0.15, 0.2) is 16.1 Å². The normalized spacial score (nSPS) is 14.1. The molecule has 0 radical (unpaired) electrons. The maximum Gasteiger partial charge on any atom is 0.215 e. The molecule has 0 heterocycles. The van der Waals surface area contributed by atoms with Crippen LogP contribution in [-0.4, -0.2) is 55.6 Å². The summed E-state index contributed by atoms with van der Waals surface area (Å²) in [5, 5.41) is 16.2. The number of hydrogen-bond acceptors (Lipinski definition) is 6. The number of hydrogen-bond donors (Lipinski definition) is 2. The summed E-state index contributed by atoms with van der Waals surface area (Å²) in [7, 11) is 3.11. The zero-order chi connectivity index (χ0) is 14.1. The molecule has 104 valence electrons. The first-order chi connectivity index (χ1) is 8.43. The highest BCUT2D eigenvalue weighted by molar-refractivity contribution is 6.69. The first-order valence-corrected chi connectivity index (χ1v) is 5.84. The second-order valence-corrected chi connectivity index (χ2v) is 4.07. The Morgan fingerprint density at radius 3 is 2.61 bits per heavy atom. The molecule has 1 atom stereocenters. The monoisotopic (exact) mass is 297 g/mol. The standard InChI is InChI=1S/C10H17Cl2N3O3/c1-14-9(12)7(8(11)13)18-6-4-5-15(2)10(16)17-3/h10,13,16H,1,4-6H2,2-3H3/b9-7+,13-8?. The minimum Gasteiger partial charge on any atom is -0.487 e. The summed E-state index contributed by atoms with van der Waals surface area (Å²) in [4.78, 5) is 5.03. The largest absolute Gasteiger partial charge is 0.487 e. The van der Waals surface area contributed by atoms with Crippen LogP contribution in [0.4, 0.5) is 0 Å². The van der Waals surface area contributed by atoms with E-state index in [1.165, 1.54) is 7.11 Å². The topological polar surface area (TPSA) is 78.1 Å². The van der Waals surface area contributed by atoms with Crippen LogP contribution in [0.2, 0.25) is 0 Å². The Bertz CT molecular complexity index is 323. The molecule has 0 rings (SSSR count). The van der Waals surface area contributed by atoms with E-state index < -0.39 is 6.41 Å². The van der Waals surface area contributed by atoms with Gasteiger partial charge in [-0.15, -0.1) is 0 Å². The van der Waals surface area contributed by atoms with Crippen LogP contribution in [0.15, 0.2) is 15.9 Å². The zero-order valence-corrected chi connectivity index (χ0v) is 11.8. The summed E-state index contributed by atoms with van der Waals surface area (Å²) in [6.45, 7) is 4.04. The van der Waals surface area contributed by atoms with Crippen molar-refractivity contribution in [2.45, 2.75) is 12.8 Å². The van der Waals surface area contributed by atoms with Crippen molar-refractivity contribution in [2.24, 2.45) is 4.99 Å². The molecular weight excluding hydrogens is 281 g/mol. The number of ether oxygens (including phenoxy) is 2. The number of aliphatic imine (C=N–C) groups is 1. The van der Waals surface area contributed by atoms with Crippen LogP contribution < -0.4 is 0 Å². The molecule has 2 N–H and O–H groups in total. The summed E-state index contributed by atoms with van der Waals surface area (Å²) in [6.07, 6.45) is -0.365. The fourth-order valence-electron chi connectivity index (χ4n) is 1.06. The molecule has 18 heavy (non-hydrogen) atoms. The minimum absolute atomic E-state index is 0.0109. The van der Waals surface area contributed by atoms with Gasteiger partial charge in [-0.25, -0.2) is 4.99 Å². The molecule has 1 unspecified atom stereocenters. The highest BCUT2D eigenvalue weighted by Crippen LogP contribution is 2.15. The molecule has 0 saturated heterocycles. The number of methoxy groups -OCH3 is 1. The summed E-state index contributed by atoms with van der Waals surface area (Å²) in [6, 6.07) is 0. The third-order valence-corrected chi connectivity index (χ3v) is 2.48. The number of nitrogens with one attached hydrogen (secondary N) is 1. The number of nitrogens with zero attached hydrogens (tertiary/aromatic N) is 2. The molecule has 0 aromatic heterocycles. The fraction of sp³-hybridized carbons (Fsp3) is 0.600. The van der Waals surface area contributed by atoms with Gasteiger partial charge in [0.05, 0.1) is 6.61 Å². The molecule has 0 aliphatic rings. The average Bonchev–Trinajstić information content (AvgIpc) is 2.35. The van der Waals surface area contributed by atoms with Gasteiger partial charge in [0, 0.05) is 13.7 Å². The van der Waals surface area contributed by atoms with E-state index in [1.807, 2.05) is 0 Å². The first-order valence-electron chi connectivity index (χ1n) is 5.08. The molecule has 0 aliphatic carbocycles. The molecule has 0 aromatic rings. The summed E-state index contributed by atoms with van der Waals surface area (Å²) in [5.74, 6) is -0.0109. The van der Waals surface area contributed by atoms with Gasteiger partial charge < -0.3 is 14.6 Å². The van der Waals surface area contributed by atoms with Gasteiger partial charge in [0.1, 0.15) is 0 Å². The number of aliphatic hydroxyl groups excluding tert-OH is 1. The molecular formula is C10H17Cl2N3O3. The number of aliphatic hydroxyl groups is 1. The van der Waals surface area contributed by atoms with Gasteiger partial charge >= 0.3 is 0 Å². The van der Waals surface area contributed by atoms with Gasteiger partial charge in [-0.05, 0) is 20.2 Å². The highest BCUT2D eigenvalue weighted by atomic mass is 35.5. The molecule has 6 nitrogen and oxygen atoms in total. The molecule has 0 aliphatic heterocycles. The zero-order valence-electron chi connectivity index (χ0n) is 10.3. The van der Waals surface area contributed by atoms with E-state index in [-0.39, 0.29) is 22.7 Å². The predicted octanol–water partition coefficient (Wildman–Crippen LogP) is 1.57. The molecule has 0 amide bonds. The van der Waals surface area contributed by atoms with Crippen LogP contribution >= 0.6 is 23.2 Å². The lowest BCUT2D eigenvalue weighted by molar-refractivity contribution is -0.168. The summed E-state index contributed by atoms with van der Waals surface area (Å²) in [5.41, 5.74) is 0. The van der Waals surface area contributed by atoms with Crippen molar-refractivity contribution in [1.29, 1.82) is 5.41 Å². The Morgan fingerprint density at radius 1 is 1.56 bits per heavy atom. The Balaban J connectivity index is 4.11. The van der Waals surface area contributed by atoms with Crippen molar-refractivity contribution < 1.29 is 14.6 Å². The van der Waals surface area contributed by atoms with E-state index in [2.05, 4.69) is 11.7 Å². The average molecular weight is 298 g/mol. The molecule has 8 heteroatoms. The SMILES string of the molecule is C=N/C(Cl)=C(/OCCCN(C)C(O)OC)C(=N)Cl. The maximum absolute atomic E-state index is 9.30. The minimum atomic E-state index is -0.954. The Labute approximate surface area is 116 Å². The second-order valence-electron chi connectivity index (χ2n) is 3.34.